The third-order valence-electron chi connectivity index (χ3n) is 4.67. The van der Waals surface area contributed by atoms with Crippen molar-refractivity contribution >= 4 is 11.9 Å². The third kappa shape index (κ3) is 13.0. The minimum absolute atomic E-state index is 0.0151. The van der Waals surface area contributed by atoms with Crippen LogP contribution in [0.5, 0.6) is 0 Å². The molecule has 0 saturated heterocycles. The van der Waals surface area contributed by atoms with E-state index in [0.717, 1.165) is 31.0 Å². The van der Waals surface area contributed by atoms with Gasteiger partial charge < -0.3 is 9.47 Å². The Morgan fingerprint density at radius 1 is 0.793 bits per heavy atom. The lowest BCUT2D eigenvalue weighted by Crippen LogP contribution is -2.09. The predicted octanol–water partition coefficient (Wildman–Crippen LogP) is 6.25. The van der Waals surface area contributed by atoms with Gasteiger partial charge in [0.25, 0.3) is 0 Å². The minimum Gasteiger partial charge on any atom is -0.466 e. The van der Waals surface area contributed by atoms with Crippen LogP contribution in [0, 0.1) is 11.6 Å². The van der Waals surface area contributed by atoms with E-state index in [0.29, 0.717) is 13.0 Å². The second-order valence-corrected chi connectivity index (χ2v) is 7.30. The van der Waals surface area contributed by atoms with Crippen molar-refractivity contribution in [3.63, 3.8) is 0 Å². The second kappa shape index (κ2) is 15.9. The van der Waals surface area contributed by atoms with Crippen LogP contribution in [0.15, 0.2) is 18.2 Å². The highest BCUT2D eigenvalue weighted by atomic mass is 19.1. The lowest BCUT2D eigenvalue weighted by atomic mass is 10.1. The summed E-state index contributed by atoms with van der Waals surface area (Å²) in [7, 11) is 0. The molecule has 29 heavy (non-hydrogen) atoms. The molecule has 0 heterocycles. The molecule has 0 aliphatic rings. The molecule has 6 heteroatoms. The molecule has 0 atom stereocenters. The molecular formula is C23H34F2O4. The van der Waals surface area contributed by atoms with Gasteiger partial charge in [-0.15, -0.1) is 0 Å². The van der Waals surface area contributed by atoms with Gasteiger partial charge in [-0.1, -0.05) is 58.3 Å². The number of benzene rings is 1. The molecule has 0 fully saturated rings. The Balaban J connectivity index is 1.98. The quantitative estimate of drug-likeness (QED) is 0.238. The normalized spacial score (nSPS) is 10.7. The molecule has 0 N–H and O–H groups in total. The summed E-state index contributed by atoms with van der Waals surface area (Å²) in [5.41, 5.74) is -0.0151. The van der Waals surface area contributed by atoms with Gasteiger partial charge in [0.15, 0.2) is 0 Å². The van der Waals surface area contributed by atoms with Gasteiger partial charge >= 0.3 is 11.9 Å². The summed E-state index contributed by atoms with van der Waals surface area (Å²) in [4.78, 5) is 23.3. The van der Waals surface area contributed by atoms with E-state index in [4.69, 9.17) is 9.47 Å². The van der Waals surface area contributed by atoms with E-state index in [9.17, 15) is 18.4 Å². The maximum atomic E-state index is 13.4. The first-order valence-electron chi connectivity index (χ1n) is 10.8. The van der Waals surface area contributed by atoms with Gasteiger partial charge in [0.1, 0.15) is 18.2 Å². The van der Waals surface area contributed by atoms with Crippen LogP contribution in [0.25, 0.3) is 0 Å². The Kier molecular flexibility index (Phi) is 13.7. The number of carbonyl (C=O) groups is 2. The number of halogens is 2. The number of hydrogen-bond acceptors (Lipinski definition) is 4. The van der Waals surface area contributed by atoms with Crippen LogP contribution in [-0.2, 0) is 25.7 Å². The van der Waals surface area contributed by atoms with Crippen molar-refractivity contribution in [1.82, 2.24) is 0 Å². The Morgan fingerprint density at radius 3 is 2.03 bits per heavy atom. The van der Waals surface area contributed by atoms with Crippen LogP contribution in [0.1, 0.15) is 89.5 Å². The molecule has 1 aromatic rings. The minimum atomic E-state index is -0.626. The SMILES string of the molecule is CCCCCCCCCCCOC(=O)CCCC(=O)OCc1cc(F)ccc1F. The standard InChI is InChI=1S/C23H34F2O4/c1-2-3-4-5-6-7-8-9-10-16-28-22(26)12-11-13-23(27)29-18-19-17-20(24)14-15-21(19)25/h14-15,17H,2-13,16,18H2,1H3. The number of unbranched alkanes of at least 4 members (excludes halogenated alkanes) is 8. The zero-order valence-corrected chi connectivity index (χ0v) is 17.5. The van der Waals surface area contributed by atoms with E-state index in [1.54, 1.807) is 0 Å². The molecule has 1 rings (SSSR count). The summed E-state index contributed by atoms with van der Waals surface area (Å²) in [5, 5.41) is 0. The summed E-state index contributed by atoms with van der Waals surface area (Å²) in [6.45, 7) is 2.30. The Bertz CT molecular complexity index is 605. The molecule has 4 nitrogen and oxygen atoms in total. The fourth-order valence-electron chi connectivity index (χ4n) is 2.93. The van der Waals surface area contributed by atoms with Gasteiger partial charge in [-0.25, -0.2) is 8.78 Å². The molecule has 0 unspecified atom stereocenters. The highest BCUT2D eigenvalue weighted by Gasteiger charge is 2.10. The Hall–Kier alpha value is -1.98. The van der Waals surface area contributed by atoms with E-state index in [2.05, 4.69) is 6.92 Å². The van der Waals surface area contributed by atoms with E-state index >= 15 is 0 Å². The first-order chi connectivity index (χ1) is 14.0. The highest BCUT2D eigenvalue weighted by molar-refractivity contribution is 5.72. The monoisotopic (exact) mass is 412 g/mol. The predicted molar refractivity (Wildman–Crippen MR) is 108 cm³/mol. The number of esters is 2. The smallest absolute Gasteiger partial charge is 0.306 e. The zero-order chi connectivity index (χ0) is 21.3. The first-order valence-corrected chi connectivity index (χ1v) is 10.8. The average Bonchev–Trinajstić information content (AvgIpc) is 2.70. The lowest BCUT2D eigenvalue weighted by molar-refractivity contribution is -0.146. The van der Waals surface area contributed by atoms with Crippen LogP contribution in [0.2, 0.25) is 0 Å². The Morgan fingerprint density at radius 2 is 1.38 bits per heavy atom. The Labute approximate surface area is 173 Å². The van der Waals surface area contributed by atoms with Crippen LogP contribution in [0.4, 0.5) is 8.78 Å². The van der Waals surface area contributed by atoms with Crippen LogP contribution in [-0.4, -0.2) is 18.5 Å². The number of rotatable bonds is 16. The summed E-state index contributed by atoms with van der Waals surface area (Å²) < 4.78 is 36.6. The van der Waals surface area contributed by atoms with Gasteiger partial charge in [-0.2, -0.15) is 0 Å². The molecule has 164 valence electrons. The maximum Gasteiger partial charge on any atom is 0.306 e. The van der Waals surface area contributed by atoms with E-state index in [-0.39, 0.29) is 31.0 Å². The summed E-state index contributed by atoms with van der Waals surface area (Å²) in [6, 6.07) is 2.98. The molecule has 0 aliphatic heterocycles. The van der Waals surface area contributed by atoms with E-state index in [1.165, 1.54) is 44.9 Å². The maximum absolute atomic E-state index is 13.4. The lowest BCUT2D eigenvalue weighted by Gasteiger charge is -2.07. The molecule has 0 bridgehead atoms. The van der Waals surface area contributed by atoms with Gasteiger partial charge in [0, 0.05) is 18.4 Å². The highest BCUT2D eigenvalue weighted by Crippen LogP contribution is 2.12. The van der Waals surface area contributed by atoms with Crippen molar-refractivity contribution in [2.45, 2.75) is 90.6 Å². The molecule has 0 saturated carbocycles. The zero-order valence-electron chi connectivity index (χ0n) is 17.5. The average molecular weight is 413 g/mol. The fourth-order valence-corrected chi connectivity index (χ4v) is 2.93. The van der Waals surface area contributed by atoms with Crippen LogP contribution >= 0.6 is 0 Å². The number of ether oxygens (including phenoxy) is 2. The molecule has 1 aromatic carbocycles. The van der Waals surface area contributed by atoms with Crippen molar-refractivity contribution in [3.05, 3.63) is 35.4 Å². The number of hydrogen-bond donors (Lipinski definition) is 0. The molecule has 0 radical (unpaired) electrons. The van der Waals surface area contributed by atoms with Crippen LogP contribution in [0.3, 0.4) is 0 Å². The second-order valence-electron chi connectivity index (χ2n) is 7.30. The summed E-state index contributed by atoms with van der Waals surface area (Å²) in [6.07, 6.45) is 11.3. The molecular weight excluding hydrogens is 378 g/mol. The first kappa shape index (κ1) is 25.1. The fraction of sp³-hybridized carbons (Fsp3) is 0.652. The van der Waals surface area contributed by atoms with Crippen LogP contribution < -0.4 is 0 Å². The summed E-state index contributed by atoms with van der Waals surface area (Å²) in [5.74, 6) is -2.10. The molecule has 0 amide bonds. The van der Waals surface area contributed by atoms with Crippen molar-refractivity contribution in [2.24, 2.45) is 0 Å². The van der Waals surface area contributed by atoms with Crippen molar-refractivity contribution in [1.29, 1.82) is 0 Å². The van der Waals surface area contributed by atoms with Crippen molar-refractivity contribution < 1.29 is 27.8 Å². The molecule has 0 aliphatic carbocycles. The van der Waals surface area contributed by atoms with Crippen molar-refractivity contribution in [3.8, 4) is 0 Å². The molecule has 0 spiro atoms. The number of carbonyl (C=O) groups excluding carboxylic acids is 2. The topological polar surface area (TPSA) is 52.6 Å². The van der Waals surface area contributed by atoms with Gasteiger partial charge in [0.2, 0.25) is 0 Å². The van der Waals surface area contributed by atoms with E-state index in [1.807, 2.05) is 0 Å². The van der Waals surface area contributed by atoms with Gasteiger partial charge in [-0.3, -0.25) is 9.59 Å². The van der Waals surface area contributed by atoms with Gasteiger partial charge in [0.05, 0.1) is 6.61 Å². The van der Waals surface area contributed by atoms with E-state index < -0.39 is 17.6 Å². The van der Waals surface area contributed by atoms with Crippen molar-refractivity contribution in [2.75, 3.05) is 6.61 Å². The third-order valence-corrected chi connectivity index (χ3v) is 4.67. The largest absolute Gasteiger partial charge is 0.466 e. The molecule has 0 aromatic heterocycles. The van der Waals surface area contributed by atoms with Gasteiger partial charge in [-0.05, 0) is 31.0 Å². The summed E-state index contributed by atoms with van der Waals surface area (Å²) >= 11 is 0.